The van der Waals surface area contributed by atoms with E-state index in [0.717, 1.165) is 37.0 Å². The molecule has 0 saturated heterocycles. The lowest BCUT2D eigenvalue weighted by molar-refractivity contribution is -0.134. The molecular weight excluding hydrogens is 223 g/mol. The van der Waals surface area contributed by atoms with E-state index >= 15 is 0 Å². The van der Waals surface area contributed by atoms with E-state index in [9.17, 15) is 13.2 Å². The van der Waals surface area contributed by atoms with Gasteiger partial charge in [-0.3, -0.25) is 0 Å². The van der Waals surface area contributed by atoms with Crippen molar-refractivity contribution in [2.45, 2.75) is 44.7 Å². The summed E-state index contributed by atoms with van der Waals surface area (Å²) in [4.78, 5) is 3.53. The molecule has 0 amide bonds. The van der Waals surface area contributed by atoms with E-state index in [0.29, 0.717) is 5.01 Å². The number of halogens is 3. The Balaban J connectivity index is 2.28. The molecule has 0 aromatic carbocycles. The predicted molar refractivity (Wildman–Crippen MR) is 53.1 cm³/mol. The number of hydrogen-bond donors (Lipinski definition) is 0. The Bertz CT molecular complexity index is 350. The van der Waals surface area contributed by atoms with Crippen molar-refractivity contribution in [2.24, 2.45) is 0 Å². The second-order valence-electron chi connectivity index (χ2n) is 3.95. The zero-order valence-corrected chi connectivity index (χ0v) is 9.21. The Morgan fingerprint density at radius 3 is 2.33 bits per heavy atom. The maximum Gasteiger partial charge on any atom is 0.427 e. The largest absolute Gasteiger partial charge is 0.427 e. The van der Waals surface area contributed by atoms with Gasteiger partial charge in [0.15, 0.2) is 0 Å². The molecule has 1 saturated carbocycles. The first kappa shape index (κ1) is 10.9. The van der Waals surface area contributed by atoms with E-state index in [1.165, 1.54) is 6.92 Å². The highest BCUT2D eigenvalue weighted by Gasteiger charge is 2.36. The number of nitrogens with zero attached hydrogens (tertiary/aromatic N) is 1. The van der Waals surface area contributed by atoms with Crippen LogP contribution in [-0.2, 0) is 6.18 Å². The van der Waals surface area contributed by atoms with Crippen molar-refractivity contribution in [3.8, 4) is 0 Å². The van der Waals surface area contributed by atoms with Gasteiger partial charge in [0.1, 0.15) is 4.88 Å². The molecule has 1 aliphatic rings. The van der Waals surface area contributed by atoms with Crippen molar-refractivity contribution in [3.63, 3.8) is 0 Å². The molecule has 0 unspecified atom stereocenters. The number of thiazole rings is 1. The quantitative estimate of drug-likeness (QED) is 0.713. The van der Waals surface area contributed by atoms with Gasteiger partial charge >= 0.3 is 6.18 Å². The van der Waals surface area contributed by atoms with Gasteiger partial charge in [-0.05, 0) is 19.8 Å². The van der Waals surface area contributed by atoms with Crippen LogP contribution in [-0.4, -0.2) is 4.98 Å². The fourth-order valence-corrected chi connectivity index (χ4v) is 3.13. The lowest BCUT2D eigenvalue weighted by Crippen LogP contribution is -2.03. The third-order valence-corrected chi connectivity index (χ3v) is 4.14. The summed E-state index contributed by atoms with van der Waals surface area (Å²) in [6, 6.07) is 0. The van der Waals surface area contributed by atoms with Crippen LogP contribution < -0.4 is 0 Å². The normalized spacial score (nSPS) is 18.7. The topological polar surface area (TPSA) is 12.9 Å². The van der Waals surface area contributed by atoms with Crippen LogP contribution in [0.1, 0.15) is 47.2 Å². The standard InChI is InChI=1S/C10H12F3NS/c1-6-8(10(11,12)13)15-9(14-6)7-4-2-3-5-7/h7H,2-5H2,1H3. The molecule has 5 heteroatoms. The van der Waals surface area contributed by atoms with Crippen LogP contribution in [0.4, 0.5) is 13.2 Å². The summed E-state index contributed by atoms with van der Waals surface area (Å²) in [6.07, 6.45) is -0.0254. The SMILES string of the molecule is Cc1nc(C2CCCC2)sc1C(F)(F)F. The maximum absolute atomic E-state index is 12.5. The van der Waals surface area contributed by atoms with Crippen LogP contribution in [0.15, 0.2) is 0 Å². The summed E-state index contributed by atoms with van der Waals surface area (Å²) in [6.45, 7) is 1.44. The molecule has 1 aromatic heterocycles. The Labute approximate surface area is 90.3 Å². The second-order valence-corrected chi connectivity index (χ2v) is 4.98. The molecule has 1 nitrogen and oxygen atoms in total. The lowest BCUT2D eigenvalue weighted by Gasteiger charge is -2.03. The van der Waals surface area contributed by atoms with Crippen LogP contribution in [0.25, 0.3) is 0 Å². The molecule has 0 spiro atoms. The Hall–Kier alpha value is -0.580. The zero-order chi connectivity index (χ0) is 11.1. The van der Waals surface area contributed by atoms with Gasteiger partial charge in [-0.2, -0.15) is 13.2 Å². The smallest absolute Gasteiger partial charge is 0.246 e. The van der Waals surface area contributed by atoms with E-state index < -0.39 is 11.1 Å². The average molecular weight is 235 g/mol. The van der Waals surface area contributed by atoms with Gasteiger partial charge in [0.2, 0.25) is 0 Å². The number of aromatic nitrogens is 1. The molecule has 1 aliphatic carbocycles. The van der Waals surface area contributed by atoms with Gasteiger partial charge in [-0.25, -0.2) is 4.98 Å². The van der Waals surface area contributed by atoms with Crippen LogP contribution in [0.3, 0.4) is 0 Å². The van der Waals surface area contributed by atoms with Gasteiger partial charge < -0.3 is 0 Å². The first-order valence-electron chi connectivity index (χ1n) is 5.03. The predicted octanol–water partition coefficient (Wildman–Crippen LogP) is 4.13. The molecular formula is C10H12F3NS. The summed E-state index contributed by atoms with van der Waals surface area (Å²) in [5.41, 5.74) is 0.134. The lowest BCUT2D eigenvalue weighted by atomic mass is 10.1. The van der Waals surface area contributed by atoms with Gasteiger partial charge in [0, 0.05) is 5.92 Å². The number of hydrogen-bond acceptors (Lipinski definition) is 2. The third-order valence-electron chi connectivity index (χ3n) is 2.78. The van der Waals surface area contributed by atoms with Crippen molar-refractivity contribution in [1.29, 1.82) is 0 Å². The second kappa shape index (κ2) is 3.77. The molecule has 84 valence electrons. The fourth-order valence-electron chi connectivity index (χ4n) is 2.03. The number of rotatable bonds is 1. The van der Waals surface area contributed by atoms with Crippen molar-refractivity contribution >= 4 is 11.3 Å². The van der Waals surface area contributed by atoms with Crippen LogP contribution >= 0.6 is 11.3 Å². The van der Waals surface area contributed by atoms with Gasteiger partial charge in [0.05, 0.1) is 10.7 Å². The fraction of sp³-hybridized carbons (Fsp3) is 0.700. The highest BCUT2D eigenvalue weighted by molar-refractivity contribution is 7.12. The monoisotopic (exact) mass is 235 g/mol. The summed E-state index contributed by atoms with van der Waals surface area (Å²) >= 11 is 0.828. The number of alkyl halides is 3. The summed E-state index contributed by atoms with van der Waals surface area (Å²) in [5.74, 6) is 0.268. The molecule has 0 bridgehead atoms. The Morgan fingerprint density at radius 1 is 1.27 bits per heavy atom. The van der Waals surface area contributed by atoms with E-state index in [1.54, 1.807) is 0 Å². The van der Waals surface area contributed by atoms with E-state index in [1.807, 2.05) is 0 Å². The zero-order valence-electron chi connectivity index (χ0n) is 8.40. The van der Waals surface area contributed by atoms with E-state index in [2.05, 4.69) is 4.98 Å². The van der Waals surface area contributed by atoms with Crippen LogP contribution in [0.2, 0.25) is 0 Å². The highest BCUT2D eigenvalue weighted by Crippen LogP contribution is 2.42. The first-order chi connectivity index (χ1) is 6.98. The van der Waals surface area contributed by atoms with Crippen molar-refractivity contribution < 1.29 is 13.2 Å². The van der Waals surface area contributed by atoms with Crippen molar-refractivity contribution in [2.75, 3.05) is 0 Å². The van der Waals surface area contributed by atoms with Crippen LogP contribution in [0.5, 0.6) is 0 Å². The van der Waals surface area contributed by atoms with Crippen LogP contribution in [0, 0.1) is 6.92 Å². The molecule has 1 heterocycles. The van der Waals surface area contributed by atoms with Crippen molar-refractivity contribution in [1.82, 2.24) is 4.98 Å². The summed E-state index contributed by atoms with van der Waals surface area (Å²) in [5, 5.41) is 0.678. The summed E-state index contributed by atoms with van der Waals surface area (Å²) in [7, 11) is 0. The van der Waals surface area contributed by atoms with E-state index in [4.69, 9.17) is 0 Å². The molecule has 0 radical (unpaired) electrons. The third kappa shape index (κ3) is 2.17. The van der Waals surface area contributed by atoms with E-state index in [-0.39, 0.29) is 11.6 Å². The maximum atomic E-state index is 12.5. The van der Waals surface area contributed by atoms with Gasteiger partial charge in [-0.1, -0.05) is 12.8 Å². The minimum atomic E-state index is -4.24. The minimum Gasteiger partial charge on any atom is -0.246 e. The number of aryl methyl sites for hydroxylation is 1. The Kier molecular flexibility index (Phi) is 2.75. The highest BCUT2D eigenvalue weighted by atomic mass is 32.1. The molecule has 2 rings (SSSR count). The van der Waals surface area contributed by atoms with Crippen molar-refractivity contribution in [3.05, 3.63) is 15.6 Å². The molecule has 1 aromatic rings. The minimum absolute atomic E-state index is 0.134. The summed E-state index contributed by atoms with van der Waals surface area (Å²) < 4.78 is 37.6. The van der Waals surface area contributed by atoms with Gasteiger partial charge in [0.25, 0.3) is 0 Å². The first-order valence-corrected chi connectivity index (χ1v) is 5.84. The molecule has 1 fully saturated rings. The molecule has 0 aliphatic heterocycles. The molecule has 0 atom stereocenters. The molecule has 15 heavy (non-hydrogen) atoms. The molecule has 0 N–H and O–H groups in total. The van der Waals surface area contributed by atoms with Gasteiger partial charge in [-0.15, -0.1) is 11.3 Å². The average Bonchev–Trinajstić information content (AvgIpc) is 2.68. The Morgan fingerprint density at radius 2 is 1.87 bits per heavy atom.